The summed E-state index contributed by atoms with van der Waals surface area (Å²) in [6, 6.07) is 6.81. The highest BCUT2D eigenvalue weighted by Gasteiger charge is 2.23. The SMILES string of the molecule is Nc1cccc2c1OCC(CNC1CCC1)C2. The van der Waals surface area contributed by atoms with Gasteiger partial charge in [0.1, 0.15) is 5.75 Å². The summed E-state index contributed by atoms with van der Waals surface area (Å²) in [4.78, 5) is 0. The van der Waals surface area contributed by atoms with Gasteiger partial charge in [0.25, 0.3) is 0 Å². The molecule has 2 aliphatic rings. The molecule has 3 N–H and O–H groups in total. The van der Waals surface area contributed by atoms with Crippen LogP contribution in [0.5, 0.6) is 5.75 Å². The first kappa shape index (κ1) is 10.9. The summed E-state index contributed by atoms with van der Waals surface area (Å²) in [7, 11) is 0. The van der Waals surface area contributed by atoms with E-state index in [1.165, 1.54) is 24.8 Å². The molecular formula is C14H20N2O. The molecule has 17 heavy (non-hydrogen) atoms. The average Bonchev–Trinajstić information content (AvgIpc) is 2.27. The fourth-order valence-electron chi connectivity index (χ4n) is 2.59. The number of rotatable bonds is 3. The third-order valence-electron chi connectivity index (χ3n) is 3.90. The normalized spacial score (nSPS) is 23.6. The summed E-state index contributed by atoms with van der Waals surface area (Å²) in [5.74, 6) is 1.50. The lowest BCUT2D eigenvalue weighted by molar-refractivity contribution is 0.206. The summed E-state index contributed by atoms with van der Waals surface area (Å²) in [5.41, 5.74) is 7.93. The molecule has 1 aromatic carbocycles. The summed E-state index contributed by atoms with van der Waals surface area (Å²) in [5, 5.41) is 3.62. The number of hydrogen-bond acceptors (Lipinski definition) is 3. The van der Waals surface area contributed by atoms with E-state index in [4.69, 9.17) is 10.5 Å². The smallest absolute Gasteiger partial charge is 0.145 e. The molecule has 92 valence electrons. The van der Waals surface area contributed by atoms with Gasteiger partial charge in [-0.15, -0.1) is 0 Å². The van der Waals surface area contributed by atoms with Crippen LogP contribution in [-0.4, -0.2) is 19.2 Å². The van der Waals surface area contributed by atoms with E-state index in [1.54, 1.807) is 0 Å². The highest BCUT2D eigenvalue weighted by Crippen LogP contribution is 2.32. The third kappa shape index (κ3) is 2.25. The zero-order valence-corrected chi connectivity index (χ0v) is 10.1. The molecule has 0 spiro atoms. The van der Waals surface area contributed by atoms with Crippen LogP contribution in [0.4, 0.5) is 5.69 Å². The number of nitrogen functional groups attached to an aromatic ring is 1. The Morgan fingerprint density at radius 3 is 3.00 bits per heavy atom. The minimum absolute atomic E-state index is 0.588. The van der Waals surface area contributed by atoms with Crippen LogP contribution in [0.3, 0.4) is 0 Å². The first-order chi connectivity index (χ1) is 8.33. The summed E-state index contributed by atoms with van der Waals surface area (Å²) >= 11 is 0. The number of hydrogen-bond donors (Lipinski definition) is 2. The van der Waals surface area contributed by atoms with E-state index in [9.17, 15) is 0 Å². The average molecular weight is 232 g/mol. The second-order valence-corrected chi connectivity index (χ2v) is 5.25. The minimum atomic E-state index is 0.588. The number of benzene rings is 1. The molecule has 1 atom stereocenters. The number of para-hydroxylation sites is 1. The van der Waals surface area contributed by atoms with Crippen molar-refractivity contribution < 1.29 is 4.74 Å². The Balaban J connectivity index is 1.60. The van der Waals surface area contributed by atoms with Gasteiger partial charge in [0, 0.05) is 18.5 Å². The van der Waals surface area contributed by atoms with Gasteiger partial charge in [0.05, 0.1) is 12.3 Å². The first-order valence-corrected chi connectivity index (χ1v) is 6.56. The molecule has 1 heterocycles. The van der Waals surface area contributed by atoms with Crippen LogP contribution in [0.15, 0.2) is 18.2 Å². The van der Waals surface area contributed by atoms with Crippen LogP contribution in [0.1, 0.15) is 24.8 Å². The monoisotopic (exact) mass is 232 g/mol. The molecule has 3 heteroatoms. The highest BCUT2D eigenvalue weighted by molar-refractivity contribution is 5.57. The zero-order chi connectivity index (χ0) is 11.7. The number of anilines is 1. The van der Waals surface area contributed by atoms with Crippen LogP contribution < -0.4 is 15.8 Å². The Morgan fingerprint density at radius 1 is 1.35 bits per heavy atom. The van der Waals surface area contributed by atoms with Crippen molar-refractivity contribution in [1.29, 1.82) is 0 Å². The van der Waals surface area contributed by atoms with Crippen molar-refractivity contribution in [2.45, 2.75) is 31.7 Å². The molecule has 1 fully saturated rings. The van der Waals surface area contributed by atoms with E-state index in [1.807, 2.05) is 12.1 Å². The van der Waals surface area contributed by atoms with Gasteiger partial charge in [0.2, 0.25) is 0 Å². The van der Waals surface area contributed by atoms with Crippen molar-refractivity contribution in [3.63, 3.8) is 0 Å². The standard InChI is InChI=1S/C14H20N2O/c15-13-6-1-3-11-7-10(9-17-14(11)13)8-16-12-4-2-5-12/h1,3,6,10,12,16H,2,4-5,7-9,15H2. The lowest BCUT2D eigenvalue weighted by Crippen LogP contribution is -2.40. The summed E-state index contributed by atoms with van der Waals surface area (Å²) < 4.78 is 5.79. The quantitative estimate of drug-likeness (QED) is 0.783. The van der Waals surface area contributed by atoms with Crippen molar-refractivity contribution >= 4 is 5.69 Å². The van der Waals surface area contributed by atoms with Gasteiger partial charge >= 0.3 is 0 Å². The molecule has 1 aromatic rings. The predicted octanol–water partition coefficient (Wildman–Crippen LogP) is 1.96. The molecule has 0 aromatic heterocycles. The van der Waals surface area contributed by atoms with Crippen molar-refractivity contribution in [2.24, 2.45) is 5.92 Å². The van der Waals surface area contributed by atoms with Crippen LogP contribution in [0.25, 0.3) is 0 Å². The van der Waals surface area contributed by atoms with Crippen LogP contribution in [0, 0.1) is 5.92 Å². The molecule has 0 amide bonds. The molecular weight excluding hydrogens is 212 g/mol. The Labute approximate surface area is 102 Å². The number of nitrogens with two attached hydrogens (primary N) is 1. The molecule has 3 nitrogen and oxygen atoms in total. The second-order valence-electron chi connectivity index (χ2n) is 5.25. The van der Waals surface area contributed by atoms with Gasteiger partial charge in [-0.05, 0) is 30.9 Å². The van der Waals surface area contributed by atoms with Gasteiger partial charge < -0.3 is 15.8 Å². The molecule has 0 saturated heterocycles. The van der Waals surface area contributed by atoms with E-state index in [-0.39, 0.29) is 0 Å². The molecule has 1 saturated carbocycles. The molecule has 1 unspecified atom stereocenters. The van der Waals surface area contributed by atoms with Gasteiger partial charge in [-0.25, -0.2) is 0 Å². The maximum absolute atomic E-state index is 5.90. The molecule has 3 rings (SSSR count). The Kier molecular flexibility index (Phi) is 2.93. The van der Waals surface area contributed by atoms with Crippen LogP contribution in [-0.2, 0) is 6.42 Å². The molecule has 1 aliphatic heterocycles. The van der Waals surface area contributed by atoms with E-state index in [0.29, 0.717) is 5.92 Å². The Morgan fingerprint density at radius 2 is 2.24 bits per heavy atom. The lowest BCUT2D eigenvalue weighted by atomic mass is 9.91. The van der Waals surface area contributed by atoms with Crippen molar-refractivity contribution in [3.05, 3.63) is 23.8 Å². The van der Waals surface area contributed by atoms with Gasteiger partial charge in [0.15, 0.2) is 0 Å². The van der Waals surface area contributed by atoms with E-state index >= 15 is 0 Å². The van der Waals surface area contributed by atoms with Gasteiger partial charge in [-0.1, -0.05) is 18.6 Å². The van der Waals surface area contributed by atoms with Gasteiger partial charge in [-0.3, -0.25) is 0 Å². The van der Waals surface area contributed by atoms with Crippen LogP contribution >= 0.6 is 0 Å². The van der Waals surface area contributed by atoms with Crippen molar-refractivity contribution in [3.8, 4) is 5.75 Å². The maximum atomic E-state index is 5.90. The third-order valence-corrected chi connectivity index (χ3v) is 3.90. The fraction of sp³-hybridized carbons (Fsp3) is 0.571. The Bertz CT molecular complexity index is 401. The first-order valence-electron chi connectivity index (χ1n) is 6.56. The second kappa shape index (κ2) is 4.57. The number of ether oxygens (including phenoxy) is 1. The summed E-state index contributed by atoms with van der Waals surface area (Å²) in [6.07, 6.45) is 5.16. The number of nitrogens with one attached hydrogen (secondary N) is 1. The largest absolute Gasteiger partial charge is 0.491 e. The Hall–Kier alpha value is -1.22. The van der Waals surface area contributed by atoms with E-state index in [0.717, 1.165) is 37.1 Å². The highest BCUT2D eigenvalue weighted by atomic mass is 16.5. The molecule has 0 bridgehead atoms. The zero-order valence-electron chi connectivity index (χ0n) is 10.1. The maximum Gasteiger partial charge on any atom is 0.145 e. The molecule has 0 radical (unpaired) electrons. The summed E-state index contributed by atoms with van der Waals surface area (Å²) in [6.45, 7) is 1.86. The molecule has 1 aliphatic carbocycles. The van der Waals surface area contributed by atoms with Gasteiger partial charge in [-0.2, -0.15) is 0 Å². The topological polar surface area (TPSA) is 47.3 Å². The van der Waals surface area contributed by atoms with Crippen LogP contribution in [0.2, 0.25) is 0 Å². The van der Waals surface area contributed by atoms with Crippen molar-refractivity contribution in [2.75, 3.05) is 18.9 Å². The number of fused-ring (bicyclic) bond motifs is 1. The van der Waals surface area contributed by atoms with Crippen molar-refractivity contribution in [1.82, 2.24) is 5.32 Å². The minimum Gasteiger partial charge on any atom is -0.491 e. The fourth-order valence-corrected chi connectivity index (χ4v) is 2.59. The van der Waals surface area contributed by atoms with E-state index < -0.39 is 0 Å². The van der Waals surface area contributed by atoms with E-state index in [2.05, 4.69) is 11.4 Å². The lowest BCUT2D eigenvalue weighted by Gasteiger charge is -2.31. The predicted molar refractivity (Wildman–Crippen MR) is 69.2 cm³/mol.